The number of fused-ring (bicyclic) bond motifs is 2. The summed E-state index contributed by atoms with van der Waals surface area (Å²) in [6.45, 7) is 9.84. The molecule has 0 saturated carbocycles. The molecular formula is C17H25N3. The van der Waals surface area contributed by atoms with Gasteiger partial charge in [0, 0.05) is 42.3 Å². The zero-order valence-electron chi connectivity index (χ0n) is 13.0. The summed E-state index contributed by atoms with van der Waals surface area (Å²) in [5.41, 5.74) is 7.30. The summed E-state index contributed by atoms with van der Waals surface area (Å²) in [5, 5.41) is 8.27. The minimum atomic E-state index is 0.510. The number of aromatic nitrogens is 1. The standard InChI is InChI=1S/C17H25N3/c1-5-20-12(3)15(6-11(2)18-4)16-7-13-9-19-10-14(13)8-17(16)20/h7-8,11,18-19H,5-6,9-10H2,1-4H3. The van der Waals surface area contributed by atoms with Crippen LogP contribution in [0.3, 0.4) is 0 Å². The topological polar surface area (TPSA) is 29.0 Å². The first-order valence-corrected chi connectivity index (χ1v) is 7.67. The lowest BCUT2D eigenvalue weighted by Crippen LogP contribution is -2.23. The van der Waals surface area contributed by atoms with Gasteiger partial charge in [-0.1, -0.05) is 0 Å². The van der Waals surface area contributed by atoms with E-state index in [-0.39, 0.29) is 0 Å². The Bertz CT molecular complexity index is 639. The molecule has 1 aromatic heterocycles. The molecule has 3 nitrogen and oxygen atoms in total. The molecule has 0 bridgehead atoms. The molecule has 0 saturated heterocycles. The third-order valence-electron chi connectivity index (χ3n) is 4.73. The molecule has 1 aliphatic heterocycles. The van der Waals surface area contributed by atoms with Crippen LogP contribution in [0.1, 0.15) is 36.2 Å². The highest BCUT2D eigenvalue weighted by molar-refractivity contribution is 5.87. The van der Waals surface area contributed by atoms with Crippen LogP contribution in [-0.2, 0) is 26.1 Å². The second kappa shape index (κ2) is 5.23. The maximum atomic E-state index is 3.45. The highest BCUT2D eigenvalue weighted by atomic mass is 15.0. The molecule has 0 radical (unpaired) electrons. The van der Waals surface area contributed by atoms with Crippen molar-refractivity contribution in [1.82, 2.24) is 15.2 Å². The van der Waals surface area contributed by atoms with Crippen LogP contribution in [0.25, 0.3) is 10.9 Å². The first kappa shape index (κ1) is 13.7. The molecule has 1 aliphatic rings. The van der Waals surface area contributed by atoms with Gasteiger partial charge in [0.1, 0.15) is 0 Å². The van der Waals surface area contributed by atoms with Crippen LogP contribution >= 0.6 is 0 Å². The zero-order chi connectivity index (χ0) is 14.3. The molecule has 1 atom stereocenters. The van der Waals surface area contributed by atoms with Crippen molar-refractivity contribution in [1.29, 1.82) is 0 Å². The molecule has 2 N–H and O–H groups in total. The largest absolute Gasteiger partial charge is 0.345 e. The van der Waals surface area contributed by atoms with Crippen LogP contribution in [0, 0.1) is 6.92 Å². The van der Waals surface area contributed by atoms with Crippen molar-refractivity contribution < 1.29 is 0 Å². The van der Waals surface area contributed by atoms with Gasteiger partial charge >= 0.3 is 0 Å². The average Bonchev–Trinajstić information content (AvgIpc) is 3.00. The molecule has 1 unspecified atom stereocenters. The molecule has 20 heavy (non-hydrogen) atoms. The van der Waals surface area contributed by atoms with Gasteiger partial charge in [-0.05, 0) is 63.1 Å². The van der Waals surface area contributed by atoms with Crippen molar-refractivity contribution in [3.8, 4) is 0 Å². The fourth-order valence-corrected chi connectivity index (χ4v) is 3.41. The fraction of sp³-hybridized carbons (Fsp3) is 0.529. The van der Waals surface area contributed by atoms with Gasteiger partial charge < -0.3 is 15.2 Å². The minimum absolute atomic E-state index is 0.510. The molecule has 0 fully saturated rings. The molecule has 3 rings (SSSR count). The molecule has 0 spiro atoms. The number of hydrogen-bond acceptors (Lipinski definition) is 2. The van der Waals surface area contributed by atoms with E-state index in [9.17, 15) is 0 Å². The number of aryl methyl sites for hydroxylation is 1. The lowest BCUT2D eigenvalue weighted by atomic mass is 10.0. The van der Waals surface area contributed by atoms with Crippen molar-refractivity contribution >= 4 is 10.9 Å². The van der Waals surface area contributed by atoms with Crippen LogP contribution in [0.5, 0.6) is 0 Å². The maximum Gasteiger partial charge on any atom is 0.0488 e. The lowest BCUT2D eigenvalue weighted by Gasteiger charge is -2.11. The predicted octanol–water partition coefficient (Wildman–Crippen LogP) is 2.72. The Morgan fingerprint density at radius 1 is 1.30 bits per heavy atom. The van der Waals surface area contributed by atoms with Gasteiger partial charge in [0.05, 0.1) is 0 Å². The smallest absolute Gasteiger partial charge is 0.0488 e. The molecule has 2 heterocycles. The summed E-state index contributed by atoms with van der Waals surface area (Å²) >= 11 is 0. The fourth-order valence-electron chi connectivity index (χ4n) is 3.41. The number of hydrogen-bond donors (Lipinski definition) is 2. The SMILES string of the molecule is CCn1c(C)c(CC(C)NC)c2cc3c(cc21)CNC3. The number of nitrogens with one attached hydrogen (secondary N) is 2. The molecule has 2 aromatic rings. The average molecular weight is 271 g/mol. The van der Waals surface area contributed by atoms with Gasteiger partial charge in [0.2, 0.25) is 0 Å². The van der Waals surface area contributed by atoms with Crippen molar-refractivity contribution in [2.24, 2.45) is 0 Å². The molecule has 108 valence electrons. The van der Waals surface area contributed by atoms with E-state index in [1.807, 2.05) is 7.05 Å². The predicted molar refractivity (Wildman–Crippen MR) is 85.1 cm³/mol. The first-order chi connectivity index (χ1) is 9.65. The van der Waals surface area contributed by atoms with Crippen LogP contribution < -0.4 is 10.6 Å². The summed E-state index contributed by atoms with van der Waals surface area (Å²) in [5.74, 6) is 0. The number of nitrogens with zero attached hydrogens (tertiary/aromatic N) is 1. The third-order valence-corrected chi connectivity index (χ3v) is 4.73. The third kappa shape index (κ3) is 2.05. The van der Waals surface area contributed by atoms with Crippen LogP contribution in [0.2, 0.25) is 0 Å². The Labute approximate surface area is 121 Å². The number of benzene rings is 1. The lowest BCUT2D eigenvalue weighted by molar-refractivity contribution is 0.606. The van der Waals surface area contributed by atoms with E-state index in [0.717, 1.165) is 26.1 Å². The van der Waals surface area contributed by atoms with E-state index in [2.05, 4.69) is 48.1 Å². The summed E-state index contributed by atoms with van der Waals surface area (Å²) in [6.07, 6.45) is 1.10. The highest BCUT2D eigenvalue weighted by Crippen LogP contribution is 2.31. The number of likely N-dealkylation sites (N-methyl/N-ethyl adjacent to an activating group) is 1. The van der Waals surface area contributed by atoms with Crippen molar-refractivity contribution in [2.45, 2.75) is 52.9 Å². The molecule has 0 aliphatic carbocycles. The first-order valence-electron chi connectivity index (χ1n) is 7.67. The summed E-state index contributed by atoms with van der Waals surface area (Å²) in [4.78, 5) is 0. The molecule has 0 amide bonds. The van der Waals surface area contributed by atoms with Gasteiger partial charge in [0.15, 0.2) is 0 Å². The molecular weight excluding hydrogens is 246 g/mol. The van der Waals surface area contributed by atoms with E-state index in [1.54, 1.807) is 0 Å². The monoisotopic (exact) mass is 271 g/mol. The molecule has 3 heteroatoms. The van der Waals surface area contributed by atoms with E-state index >= 15 is 0 Å². The van der Waals surface area contributed by atoms with Gasteiger partial charge in [-0.2, -0.15) is 0 Å². The van der Waals surface area contributed by atoms with Crippen LogP contribution in [-0.4, -0.2) is 17.7 Å². The Hall–Kier alpha value is -1.32. The van der Waals surface area contributed by atoms with Crippen molar-refractivity contribution in [2.75, 3.05) is 7.05 Å². The van der Waals surface area contributed by atoms with Gasteiger partial charge in [-0.25, -0.2) is 0 Å². The summed E-state index contributed by atoms with van der Waals surface area (Å²) in [7, 11) is 2.04. The Morgan fingerprint density at radius 3 is 2.65 bits per heavy atom. The van der Waals surface area contributed by atoms with Crippen LogP contribution in [0.15, 0.2) is 12.1 Å². The van der Waals surface area contributed by atoms with Crippen molar-refractivity contribution in [3.05, 3.63) is 34.5 Å². The van der Waals surface area contributed by atoms with Gasteiger partial charge in [-0.15, -0.1) is 0 Å². The van der Waals surface area contributed by atoms with E-state index < -0.39 is 0 Å². The molecule has 1 aromatic carbocycles. The van der Waals surface area contributed by atoms with E-state index in [4.69, 9.17) is 0 Å². The van der Waals surface area contributed by atoms with Crippen LogP contribution in [0.4, 0.5) is 0 Å². The Morgan fingerprint density at radius 2 is 2.00 bits per heavy atom. The van der Waals surface area contributed by atoms with Crippen molar-refractivity contribution in [3.63, 3.8) is 0 Å². The number of rotatable bonds is 4. The summed E-state index contributed by atoms with van der Waals surface area (Å²) in [6, 6.07) is 5.33. The summed E-state index contributed by atoms with van der Waals surface area (Å²) < 4.78 is 2.46. The van der Waals surface area contributed by atoms with Gasteiger partial charge in [-0.3, -0.25) is 0 Å². The normalized spacial score (nSPS) is 15.8. The Balaban J connectivity index is 2.20. The minimum Gasteiger partial charge on any atom is -0.345 e. The highest BCUT2D eigenvalue weighted by Gasteiger charge is 2.19. The van der Waals surface area contributed by atoms with E-state index in [1.165, 1.54) is 33.3 Å². The second-order valence-corrected chi connectivity index (χ2v) is 5.94. The zero-order valence-corrected chi connectivity index (χ0v) is 13.0. The van der Waals surface area contributed by atoms with Gasteiger partial charge in [0.25, 0.3) is 0 Å². The second-order valence-electron chi connectivity index (χ2n) is 5.94. The Kier molecular flexibility index (Phi) is 3.57. The quantitative estimate of drug-likeness (QED) is 0.895. The van der Waals surface area contributed by atoms with E-state index in [0.29, 0.717) is 6.04 Å². The maximum absolute atomic E-state index is 3.45.